The molecule has 0 fully saturated rings. The third-order valence-electron chi connectivity index (χ3n) is 4.46. The number of anilines is 1. The highest BCUT2D eigenvalue weighted by molar-refractivity contribution is 6.39. The van der Waals surface area contributed by atoms with Gasteiger partial charge in [0.15, 0.2) is 0 Å². The molecule has 3 rings (SSSR count). The highest BCUT2D eigenvalue weighted by Gasteiger charge is 2.16. The van der Waals surface area contributed by atoms with Crippen LogP contribution in [0.5, 0.6) is 0 Å². The van der Waals surface area contributed by atoms with Crippen molar-refractivity contribution in [3.63, 3.8) is 0 Å². The van der Waals surface area contributed by atoms with Crippen molar-refractivity contribution in [3.8, 4) is 0 Å². The lowest BCUT2D eigenvalue weighted by molar-refractivity contribution is -0.136. The Morgan fingerprint density at radius 2 is 1.86 bits per heavy atom. The molecule has 1 unspecified atom stereocenters. The maximum Gasteiger partial charge on any atom is 0.313 e. The number of amides is 2. The van der Waals surface area contributed by atoms with Crippen LogP contribution in [0.3, 0.4) is 0 Å². The highest BCUT2D eigenvalue weighted by Crippen LogP contribution is 2.15. The summed E-state index contributed by atoms with van der Waals surface area (Å²) >= 11 is 0. The summed E-state index contributed by atoms with van der Waals surface area (Å²) in [4.78, 5) is 24.2. The van der Waals surface area contributed by atoms with Crippen LogP contribution in [0.25, 0.3) is 0 Å². The van der Waals surface area contributed by atoms with E-state index in [0.29, 0.717) is 18.8 Å². The molecule has 0 spiro atoms. The van der Waals surface area contributed by atoms with Crippen molar-refractivity contribution < 1.29 is 9.59 Å². The molecule has 28 heavy (non-hydrogen) atoms. The summed E-state index contributed by atoms with van der Waals surface area (Å²) in [5.41, 5.74) is 3.89. The number of aromatic nitrogens is 2. The monoisotopic (exact) mass is 376 g/mol. The van der Waals surface area contributed by atoms with Gasteiger partial charge in [-0.15, -0.1) is 0 Å². The van der Waals surface area contributed by atoms with E-state index in [1.54, 1.807) is 10.9 Å². The number of rotatable bonds is 6. The Labute approximate surface area is 164 Å². The SMILES string of the molecule is Cc1cccc(C(C)CNC(=O)C(=O)Nc2cnn(Cc3ccccc3)c2)c1. The number of nitrogens with zero attached hydrogens (tertiary/aromatic N) is 2. The number of hydrogen-bond donors (Lipinski definition) is 2. The topological polar surface area (TPSA) is 76.0 Å². The summed E-state index contributed by atoms with van der Waals surface area (Å²) in [6, 6.07) is 18.0. The van der Waals surface area contributed by atoms with Crippen LogP contribution < -0.4 is 10.6 Å². The summed E-state index contributed by atoms with van der Waals surface area (Å²) in [6.07, 6.45) is 3.23. The molecule has 0 aliphatic rings. The van der Waals surface area contributed by atoms with Gasteiger partial charge in [-0.1, -0.05) is 67.1 Å². The van der Waals surface area contributed by atoms with Crippen LogP contribution in [-0.4, -0.2) is 28.1 Å². The Hall–Kier alpha value is -3.41. The molecular formula is C22H24N4O2. The Bertz CT molecular complexity index is 950. The summed E-state index contributed by atoms with van der Waals surface area (Å²) < 4.78 is 1.71. The number of carbonyl (C=O) groups is 2. The van der Waals surface area contributed by atoms with Crippen LogP contribution in [0.1, 0.15) is 29.5 Å². The molecule has 0 radical (unpaired) electrons. The second-order valence-electron chi connectivity index (χ2n) is 6.89. The van der Waals surface area contributed by atoms with E-state index in [9.17, 15) is 9.59 Å². The first-order chi connectivity index (χ1) is 13.5. The van der Waals surface area contributed by atoms with Crippen LogP contribution in [0.4, 0.5) is 5.69 Å². The predicted molar refractivity (Wildman–Crippen MR) is 109 cm³/mol. The minimum Gasteiger partial charge on any atom is -0.347 e. The molecule has 2 amide bonds. The van der Waals surface area contributed by atoms with E-state index in [-0.39, 0.29) is 5.92 Å². The Balaban J connectivity index is 1.49. The zero-order valence-corrected chi connectivity index (χ0v) is 16.1. The summed E-state index contributed by atoms with van der Waals surface area (Å²) in [5.74, 6) is -1.24. The van der Waals surface area contributed by atoms with Crippen molar-refractivity contribution in [2.24, 2.45) is 0 Å². The fourth-order valence-corrected chi connectivity index (χ4v) is 2.89. The minimum atomic E-state index is -0.698. The van der Waals surface area contributed by atoms with Crippen LogP contribution >= 0.6 is 0 Å². The molecule has 0 saturated heterocycles. The largest absolute Gasteiger partial charge is 0.347 e. The van der Waals surface area contributed by atoms with Crippen molar-refractivity contribution in [3.05, 3.63) is 83.7 Å². The molecule has 1 atom stereocenters. The van der Waals surface area contributed by atoms with Crippen LogP contribution in [-0.2, 0) is 16.1 Å². The molecule has 0 bridgehead atoms. The van der Waals surface area contributed by atoms with Gasteiger partial charge in [0.1, 0.15) is 0 Å². The van der Waals surface area contributed by atoms with Gasteiger partial charge in [0.25, 0.3) is 0 Å². The van der Waals surface area contributed by atoms with Gasteiger partial charge in [-0.25, -0.2) is 0 Å². The summed E-state index contributed by atoms with van der Waals surface area (Å²) in [6.45, 7) is 5.03. The molecule has 144 valence electrons. The van der Waals surface area contributed by atoms with E-state index in [4.69, 9.17) is 0 Å². The minimum absolute atomic E-state index is 0.116. The second-order valence-corrected chi connectivity index (χ2v) is 6.89. The van der Waals surface area contributed by atoms with Crippen molar-refractivity contribution in [1.82, 2.24) is 15.1 Å². The smallest absolute Gasteiger partial charge is 0.313 e. The molecule has 6 nitrogen and oxygen atoms in total. The zero-order valence-electron chi connectivity index (χ0n) is 16.1. The van der Waals surface area contributed by atoms with Crippen molar-refractivity contribution in [2.45, 2.75) is 26.3 Å². The quantitative estimate of drug-likeness (QED) is 0.649. The molecule has 6 heteroatoms. The Kier molecular flexibility index (Phi) is 6.22. The molecular weight excluding hydrogens is 352 g/mol. The lowest BCUT2D eigenvalue weighted by Gasteiger charge is -2.13. The first-order valence-corrected chi connectivity index (χ1v) is 9.23. The molecule has 2 N–H and O–H groups in total. The summed E-state index contributed by atoms with van der Waals surface area (Å²) in [5, 5.41) is 9.49. The average Bonchev–Trinajstić information content (AvgIpc) is 3.13. The van der Waals surface area contributed by atoms with Crippen LogP contribution in [0.15, 0.2) is 67.0 Å². The van der Waals surface area contributed by atoms with E-state index >= 15 is 0 Å². The number of nitrogens with one attached hydrogen (secondary N) is 2. The van der Waals surface area contributed by atoms with E-state index in [1.807, 2.05) is 62.4 Å². The summed E-state index contributed by atoms with van der Waals surface area (Å²) in [7, 11) is 0. The van der Waals surface area contributed by atoms with E-state index < -0.39 is 11.8 Å². The Morgan fingerprint density at radius 3 is 2.61 bits per heavy atom. The van der Waals surface area contributed by atoms with Gasteiger partial charge in [-0.3, -0.25) is 14.3 Å². The number of benzene rings is 2. The molecule has 1 heterocycles. The van der Waals surface area contributed by atoms with Gasteiger partial charge >= 0.3 is 11.8 Å². The van der Waals surface area contributed by atoms with Crippen LogP contribution in [0, 0.1) is 6.92 Å². The van der Waals surface area contributed by atoms with Gasteiger partial charge in [0, 0.05) is 12.7 Å². The standard InChI is InChI=1S/C22H24N4O2/c1-16-7-6-10-19(11-16)17(2)12-23-21(27)22(28)25-20-13-24-26(15-20)14-18-8-4-3-5-9-18/h3-11,13,15,17H,12,14H2,1-2H3,(H,23,27)(H,25,28). The zero-order chi connectivity index (χ0) is 19.9. The average molecular weight is 376 g/mol. The molecule has 3 aromatic rings. The maximum absolute atomic E-state index is 12.1. The van der Waals surface area contributed by atoms with E-state index in [0.717, 1.165) is 11.1 Å². The number of hydrogen-bond acceptors (Lipinski definition) is 3. The lowest BCUT2D eigenvalue weighted by Crippen LogP contribution is -2.37. The molecule has 0 aliphatic carbocycles. The van der Waals surface area contributed by atoms with Crippen molar-refractivity contribution >= 4 is 17.5 Å². The first-order valence-electron chi connectivity index (χ1n) is 9.23. The fraction of sp³-hybridized carbons (Fsp3) is 0.227. The first kappa shape index (κ1) is 19.4. The van der Waals surface area contributed by atoms with Crippen LogP contribution in [0.2, 0.25) is 0 Å². The molecule has 1 aromatic heterocycles. The molecule has 0 saturated carbocycles. The van der Waals surface area contributed by atoms with Gasteiger partial charge in [-0.2, -0.15) is 5.10 Å². The third-order valence-corrected chi connectivity index (χ3v) is 4.46. The fourth-order valence-electron chi connectivity index (χ4n) is 2.89. The molecule has 0 aliphatic heterocycles. The van der Waals surface area contributed by atoms with Gasteiger partial charge in [0.2, 0.25) is 0 Å². The predicted octanol–water partition coefficient (Wildman–Crippen LogP) is 3.10. The maximum atomic E-state index is 12.1. The van der Waals surface area contributed by atoms with E-state index in [1.165, 1.54) is 11.8 Å². The van der Waals surface area contributed by atoms with Gasteiger partial charge < -0.3 is 10.6 Å². The van der Waals surface area contributed by atoms with Gasteiger partial charge in [0.05, 0.1) is 18.4 Å². The highest BCUT2D eigenvalue weighted by atomic mass is 16.2. The third kappa shape index (κ3) is 5.30. The normalized spacial score (nSPS) is 11.6. The number of aryl methyl sites for hydroxylation is 1. The Morgan fingerprint density at radius 1 is 1.07 bits per heavy atom. The molecule has 2 aromatic carbocycles. The number of carbonyl (C=O) groups excluding carboxylic acids is 2. The van der Waals surface area contributed by atoms with Crippen molar-refractivity contribution in [1.29, 1.82) is 0 Å². The van der Waals surface area contributed by atoms with Crippen molar-refractivity contribution in [2.75, 3.05) is 11.9 Å². The second kappa shape index (κ2) is 8.99. The lowest BCUT2D eigenvalue weighted by atomic mass is 9.99. The van der Waals surface area contributed by atoms with Gasteiger partial charge in [-0.05, 0) is 24.0 Å². The van der Waals surface area contributed by atoms with E-state index in [2.05, 4.69) is 21.8 Å².